The summed E-state index contributed by atoms with van der Waals surface area (Å²) in [5, 5.41) is 12.3. The topological polar surface area (TPSA) is 72.2 Å². The minimum atomic E-state index is -1.36. The molecule has 0 spiro atoms. The summed E-state index contributed by atoms with van der Waals surface area (Å²) in [5.41, 5.74) is 0.655. The second kappa shape index (κ2) is 4.18. The summed E-state index contributed by atoms with van der Waals surface area (Å²) in [6, 6.07) is 1.72. The molecule has 13 heavy (non-hydrogen) atoms. The second-order valence-corrected chi connectivity index (χ2v) is 4.06. The van der Waals surface area contributed by atoms with E-state index in [0.29, 0.717) is 5.69 Å². The van der Waals surface area contributed by atoms with Gasteiger partial charge in [0.15, 0.2) is 0 Å². The Morgan fingerprint density at radius 3 is 2.92 bits per heavy atom. The summed E-state index contributed by atoms with van der Waals surface area (Å²) < 4.78 is 12.7. The van der Waals surface area contributed by atoms with Crippen molar-refractivity contribution < 1.29 is 14.1 Å². The number of hydrogen-bond donors (Lipinski definition) is 1. The summed E-state index contributed by atoms with van der Waals surface area (Å²) >= 11 is 0. The number of aliphatic carboxylic acids is 1. The summed E-state index contributed by atoms with van der Waals surface area (Å²) in [6.45, 7) is 0. The van der Waals surface area contributed by atoms with Gasteiger partial charge >= 0.3 is 5.97 Å². The number of carbonyl (C=O) groups is 1. The predicted molar refractivity (Wildman–Crippen MR) is 47.6 cm³/mol. The lowest BCUT2D eigenvalue weighted by molar-refractivity contribution is -0.133. The minimum Gasteiger partial charge on any atom is -0.481 e. The highest BCUT2D eigenvalue weighted by Crippen LogP contribution is 1.99. The summed E-state index contributed by atoms with van der Waals surface area (Å²) in [4.78, 5) is 10.2. The Morgan fingerprint density at radius 2 is 2.46 bits per heavy atom. The van der Waals surface area contributed by atoms with E-state index < -0.39 is 16.8 Å². The van der Waals surface area contributed by atoms with Crippen LogP contribution in [0.2, 0.25) is 0 Å². The Hall–Kier alpha value is -1.17. The second-order valence-electron chi connectivity index (χ2n) is 2.60. The van der Waals surface area contributed by atoms with Crippen LogP contribution in [-0.4, -0.2) is 30.8 Å². The van der Waals surface area contributed by atoms with Crippen LogP contribution in [0, 0.1) is 0 Å². The number of carboxylic acids is 1. The van der Waals surface area contributed by atoms with Crippen molar-refractivity contribution >= 4 is 16.8 Å². The van der Waals surface area contributed by atoms with Gasteiger partial charge in [0.05, 0.1) is 11.4 Å². The van der Waals surface area contributed by atoms with Crippen molar-refractivity contribution in [1.29, 1.82) is 0 Å². The third-order valence-corrected chi connectivity index (χ3v) is 2.55. The molecule has 0 aliphatic rings. The highest BCUT2D eigenvalue weighted by Gasteiger charge is 2.08. The van der Waals surface area contributed by atoms with Crippen LogP contribution >= 0.6 is 0 Å². The molecule has 0 fully saturated rings. The lowest BCUT2D eigenvalue weighted by Gasteiger charge is -1.94. The summed E-state index contributed by atoms with van der Waals surface area (Å²) in [6.07, 6.45) is 1.73. The quantitative estimate of drug-likeness (QED) is 0.731. The monoisotopic (exact) mass is 202 g/mol. The summed E-state index contributed by atoms with van der Waals surface area (Å²) in [5.74, 6) is -1.17. The molecule has 1 aromatic rings. The maximum absolute atomic E-state index is 11.1. The minimum absolute atomic E-state index is 0.202. The van der Waals surface area contributed by atoms with E-state index in [2.05, 4.69) is 5.10 Å². The van der Waals surface area contributed by atoms with Gasteiger partial charge in [0.1, 0.15) is 5.75 Å². The first kappa shape index (κ1) is 9.91. The Bertz CT molecular complexity index is 334. The fourth-order valence-corrected chi connectivity index (χ4v) is 1.76. The van der Waals surface area contributed by atoms with Crippen LogP contribution in [0.4, 0.5) is 0 Å². The van der Waals surface area contributed by atoms with Crippen molar-refractivity contribution in [3.05, 3.63) is 18.0 Å². The predicted octanol–water partition coefficient (Wildman–Crippen LogP) is -0.247. The lowest BCUT2D eigenvalue weighted by atomic mass is 10.5. The molecule has 0 amide bonds. The molecule has 1 atom stereocenters. The molecule has 1 heterocycles. The molecule has 1 rings (SSSR count). The van der Waals surface area contributed by atoms with Crippen LogP contribution in [0.25, 0.3) is 0 Å². The Balaban J connectivity index is 2.50. The van der Waals surface area contributed by atoms with Crippen molar-refractivity contribution in [2.24, 2.45) is 7.05 Å². The Morgan fingerprint density at radius 1 is 1.77 bits per heavy atom. The molecule has 1 aromatic heterocycles. The molecule has 72 valence electrons. The third kappa shape index (κ3) is 3.37. The molecule has 0 bridgehead atoms. The average molecular weight is 202 g/mol. The average Bonchev–Trinajstić information content (AvgIpc) is 2.33. The molecule has 0 saturated carbocycles. The molecule has 1 N–H and O–H groups in total. The zero-order chi connectivity index (χ0) is 9.84. The molecule has 0 aliphatic carbocycles. The standard InChI is InChI=1S/C7H10N2O3S/c1-9-3-2-6(8-9)4-13(12)5-7(10)11/h2-3H,4-5H2,1H3,(H,10,11). The molecule has 5 nitrogen and oxygen atoms in total. The molecule has 0 saturated heterocycles. The van der Waals surface area contributed by atoms with Gasteiger partial charge in [-0.05, 0) is 6.07 Å². The third-order valence-electron chi connectivity index (χ3n) is 1.36. The molecular formula is C7H10N2O3S. The zero-order valence-corrected chi connectivity index (χ0v) is 7.95. The van der Waals surface area contributed by atoms with Crippen LogP contribution in [0.1, 0.15) is 5.69 Å². The van der Waals surface area contributed by atoms with Crippen LogP contribution in [0.3, 0.4) is 0 Å². The Labute approximate surface area is 77.8 Å². The smallest absolute Gasteiger partial charge is 0.316 e. The van der Waals surface area contributed by atoms with Gasteiger partial charge in [-0.15, -0.1) is 0 Å². The van der Waals surface area contributed by atoms with Gasteiger partial charge in [0, 0.05) is 24.0 Å². The molecule has 0 aliphatic heterocycles. The number of rotatable bonds is 4. The van der Waals surface area contributed by atoms with Crippen LogP contribution in [0.5, 0.6) is 0 Å². The highest BCUT2D eigenvalue weighted by molar-refractivity contribution is 7.84. The van der Waals surface area contributed by atoms with Gasteiger partial charge in [0.25, 0.3) is 0 Å². The number of aryl methyl sites for hydroxylation is 1. The number of carboxylic acid groups (broad SMARTS) is 1. The van der Waals surface area contributed by atoms with Crippen molar-refractivity contribution in [2.45, 2.75) is 5.75 Å². The van der Waals surface area contributed by atoms with Crippen LogP contribution < -0.4 is 0 Å². The van der Waals surface area contributed by atoms with Crippen molar-refractivity contribution in [3.63, 3.8) is 0 Å². The fourth-order valence-electron chi connectivity index (χ4n) is 0.894. The van der Waals surface area contributed by atoms with Gasteiger partial charge < -0.3 is 5.11 Å². The van der Waals surface area contributed by atoms with Gasteiger partial charge in [0.2, 0.25) is 0 Å². The van der Waals surface area contributed by atoms with E-state index in [4.69, 9.17) is 5.11 Å². The largest absolute Gasteiger partial charge is 0.481 e. The van der Waals surface area contributed by atoms with Gasteiger partial charge in [-0.2, -0.15) is 5.10 Å². The molecule has 0 aromatic carbocycles. The van der Waals surface area contributed by atoms with Crippen molar-refractivity contribution in [3.8, 4) is 0 Å². The maximum Gasteiger partial charge on any atom is 0.316 e. The van der Waals surface area contributed by atoms with Gasteiger partial charge in [-0.25, -0.2) is 0 Å². The molecule has 1 unspecified atom stereocenters. The van der Waals surface area contributed by atoms with E-state index >= 15 is 0 Å². The van der Waals surface area contributed by atoms with Gasteiger partial charge in [-0.1, -0.05) is 0 Å². The molecule has 6 heteroatoms. The number of nitrogens with zero attached hydrogens (tertiary/aromatic N) is 2. The zero-order valence-electron chi connectivity index (χ0n) is 7.14. The van der Waals surface area contributed by atoms with E-state index in [1.165, 1.54) is 0 Å². The van der Waals surface area contributed by atoms with E-state index in [9.17, 15) is 9.00 Å². The van der Waals surface area contributed by atoms with E-state index in [-0.39, 0.29) is 11.5 Å². The molecule has 0 radical (unpaired) electrons. The van der Waals surface area contributed by atoms with Crippen molar-refractivity contribution in [2.75, 3.05) is 5.75 Å². The van der Waals surface area contributed by atoms with Crippen LogP contribution in [0.15, 0.2) is 12.3 Å². The van der Waals surface area contributed by atoms with Crippen molar-refractivity contribution in [1.82, 2.24) is 9.78 Å². The molecular weight excluding hydrogens is 192 g/mol. The normalized spacial score (nSPS) is 12.7. The van der Waals surface area contributed by atoms with E-state index in [0.717, 1.165) is 0 Å². The fraction of sp³-hybridized carbons (Fsp3) is 0.429. The number of aromatic nitrogens is 2. The number of hydrogen-bond acceptors (Lipinski definition) is 3. The Kier molecular flexibility index (Phi) is 3.18. The lowest BCUT2D eigenvalue weighted by Crippen LogP contribution is -2.11. The van der Waals surface area contributed by atoms with Gasteiger partial charge in [-0.3, -0.25) is 13.7 Å². The summed E-state index contributed by atoms with van der Waals surface area (Å²) in [7, 11) is 0.390. The first-order chi connectivity index (χ1) is 6.08. The van der Waals surface area contributed by atoms with Crippen LogP contribution in [-0.2, 0) is 28.4 Å². The SMILES string of the molecule is Cn1ccc(CS(=O)CC(=O)O)n1. The highest BCUT2D eigenvalue weighted by atomic mass is 32.2. The van der Waals surface area contributed by atoms with E-state index in [1.807, 2.05) is 0 Å². The first-order valence-electron chi connectivity index (χ1n) is 3.63. The first-order valence-corrected chi connectivity index (χ1v) is 5.12. The maximum atomic E-state index is 11.1. The van der Waals surface area contributed by atoms with E-state index in [1.54, 1.807) is 24.0 Å².